The number of amides is 1. The molecule has 0 fully saturated rings. The van der Waals surface area contributed by atoms with Gasteiger partial charge in [0.05, 0.1) is 19.0 Å². The molecular weight excluding hydrogens is 254 g/mol. The number of carbonyl (C=O) groups excluding carboxylic acids is 1. The lowest BCUT2D eigenvalue weighted by Crippen LogP contribution is -2.47. The summed E-state index contributed by atoms with van der Waals surface area (Å²) in [7, 11) is -1.56. The lowest BCUT2D eigenvalue weighted by molar-refractivity contribution is -0.142. The van der Waals surface area contributed by atoms with Gasteiger partial charge in [-0.1, -0.05) is 0 Å². The average molecular weight is 267 g/mol. The third-order valence-corrected chi connectivity index (χ3v) is 2.42. The summed E-state index contributed by atoms with van der Waals surface area (Å²) >= 11 is 0. The average Bonchev–Trinajstić information content (AvgIpc) is 2.22. The van der Waals surface area contributed by atoms with E-state index in [4.69, 9.17) is 5.11 Å². The highest BCUT2D eigenvalue weighted by Gasteiger charge is 2.27. The van der Waals surface area contributed by atoms with E-state index in [9.17, 15) is 23.1 Å². The van der Waals surface area contributed by atoms with Crippen molar-refractivity contribution in [1.29, 1.82) is 0 Å². The molecule has 2 N–H and O–H groups in total. The van der Waals surface area contributed by atoms with Crippen LogP contribution in [0.2, 0.25) is 0 Å². The van der Waals surface area contributed by atoms with Crippen LogP contribution in [0.25, 0.3) is 0 Å². The molecule has 0 radical (unpaired) electrons. The first-order chi connectivity index (χ1) is 7.79. The van der Waals surface area contributed by atoms with Crippen molar-refractivity contribution in [2.75, 3.05) is 13.7 Å². The Bertz CT molecular complexity index is 408. The number of aliphatic hydroxyl groups excluding tert-OH is 1. The van der Waals surface area contributed by atoms with Gasteiger partial charge in [-0.15, -0.1) is 0 Å². The lowest BCUT2D eigenvalue weighted by Gasteiger charge is -2.25. The third-order valence-electron chi connectivity index (χ3n) is 1.89. The molecule has 0 rings (SSSR count). The minimum absolute atomic E-state index is 0.492. The molecule has 2 unspecified atom stereocenters. The molecule has 0 aliphatic heterocycles. The Kier molecular flexibility index (Phi) is 6.21. The molecule has 1 amide bonds. The van der Waals surface area contributed by atoms with Crippen LogP contribution < -0.4 is 0 Å². The topological polar surface area (TPSA) is 121 Å². The van der Waals surface area contributed by atoms with Gasteiger partial charge in [-0.3, -0.25) is 4.90 Å². The predicted molar refractivity (Wildman–Crippen MR) is 57.2 cm³/mol. The van der Waals surface area contributed by atoms with Crippen molar-refractivity contribution in [1.82, 2.24) is 4.90 Å². The number of rotatable bonds is 5. The van der Waals surface area contributed by atoms with Gasteiger partial charge in [0.25, 0.3) is 0 Å². The van der Waals surface area contributed by atoms with E-state index >= 15 is 0 Å². The summed E-state index contributed by atoms with van der Waals surface area (Å²) in [4.78, 5) is 22.6. The highest BCUT2D eigenvalue weighted by atomic mass is 32.2. The molecule has 0 aromatic rings. The summed E-state index contributed by atoms with van der Waals surface area (Å²) in [6.07, 6.45) is -2.46. The van der Waals surface area contributed by atoms with E-state index in [1.165, 1.54) is 6.92 Å². The monoisotopic (exact) mass is 267 g/mol. The number of hydrogen-bond donors (Lipinski definition) is 2. The van der Waals surface area contributed by atoms with Crippen molar-refractivity contribution in [2.45, 2.75) is 19.1 Å². The second kappa shape index (κ2) is 6.86. The minimum atomic E-state index is -2.60. The van der Waals surface area contributed by atoms with E-state index in [1.54, 1.807) is 0 Å². The van der Waals surface area contributed by atoms with E-state index in [1.807, 2.05) is 0 Å². The van der Waals surface area contributed by atoms with Crippen molar-refractivity contribution in [3.8, 4) is 0 Å². The molecule has 0 bridgehead atoms. The summed E-state index contributed by atoms with van der Waals surface area (Å²) in [5.41, 5.74) is 0. The Morgan fingerprint density at radius 2 is 2.00 bits per heavy atom. The molecule has 8 nitrogen and oxygen atoms in total. The number of aliphatic carboxylic acids is 1. The first-order valence-corrected chi connectivity index (χ1v) is 5.62. The Morgan fingerprint density at radius 1 is 1.47 bits per heavy atom. The van der Waals surface area contributed by atoms with E-state index < -0.39 is 41.0 Å². The number of methoxy groups -OCH3 is 1. The zero-order valence-electron chi connectivity index (χ0n) is 9.23. The smallest absolute Gasteiger partial charge is 0.410 e. The normalized spacial score (nSPS) is 13.4. The molecule has 0 aromatic carbocycles. The Morgan fingerprint density at radius 3 is 2.35 bits per heavy atom. The molecule has 0 aromatic heterocycles. The number of carboxylic acid groups (broad SMARTS) is 1. The highest BCUT2D eigenvalue weighted by Crippen LogP contribution is 2.03. The zero-order valence-corrected chi connectivity index (χ0v) is 10.0. The van der Waals surface area contributed by atoms with Crippen molar-refractivity contribution >= 4 is 27.7 Å². The maximum atomic E-state index is 11.2. The van der Waals surface area contributed by atoms with Gasteiger partial charge in [0, 0.05) is 0 Å². The van der Waals surface area contributed by atoms with Gasteiger partial charge in [0.15, 0.2) is 0 Å². The van der Waals surface area contributed by atoms with Crippen LogP contribution >= 0.6 is 0 Å². The number of ether oxygens (including phenoxy) is 1. The summed E-state index contributed by atoms with van der Waals surface area (Å²) in [6.45, 7) is 0.717. The van der Waals surface area contributed by atoms with Gasteiger partial charge in [-0.05, 0) is 6.92 Å². The molecule has 0 heterocycles. The van der Waals surface area contributed by atoms with Gasteiger partial charge in [0.2, 0.25) is 10.3 Å². The maximum Gasteiger partial charge on any atom is 0.410 e. The highest BCUT2D eigenvalue weighted by molar-refractivity contribution is 7.71. The zero-order chi connectivity index (χ0) is 13.6. The first-order valence-electron chi connectivity index (χ1n) is 4.48. The number of hydrogen-bond acceptors (Lipinski definition) is 6. The molecule has 9 heteroatoms. The minimum Gasteiger partial charge on any atom is -0.480 e. The second-order valence-corrected chi connectivity index (χ2v) is 3.89. The van der Waals surface area contributed by atoms with Crippen molar-refractivity contribution in [3.05, 3.63) is 0 Å². The van der Waals surface area contributed by atoms with E-state index in [2.05, 4.69) is 4.74 Å². The van der Waals surface area contributed by atoms with Crippen LogP contribution in [-0.2, 0) is 19.8 Å². The first kappa shape index (κ1) is 15.4. The Labute approximate surface area is 98.9 Å². The Balaban J connectivity index is 4.89. The van der Waals surface area contributed by atoms with Gasteiger partial charge in [-0.25, -0.2) is 9.59 Å². The second-order valence-electron chi connectivity index (χ2n) is 3.10. The largest absolute Gasteiger partial charge is 0.480 e. The fourth-order valence-corrected chi connectivity index (χ4v) is 1.36. The fraction of sp³-hybridized carbons (Fsp3) is 0.625. The number of nitrogens with zero attached hydrogens (tertiary/aromatic N) is 1. The van der Waals surface area contributed by atoms with Crippen LogP contribution in [0.3, 0.4) is 0 Å². The molecular formula is C8H13NO7S. The fourth-order valence-electron chi connectivity index (χ4n) is 1.01. The molecule has 0 aliphatic carbocycles. The van der Waals surface area contributed by atoms with Crippen LogP contribution in [0.5, 0.6) is 0 Å². The quantitative estimate of drug-likeness (QED) is 0.585. The molecule has 98 valence electrons. The van der Waals surface area contributed by atoms with Gasteiger partial charge in [-0.2, -0.15) is 8.42 Å². The van der Waals surface area contributed by atoms with Crippen LogP contribution in [0.1, 0.15) is 6.92 Å². The number of carboxylic acids is 1. The van der Waals surface area contributed by atoms with Gasteiger partial charge < -0.3 is 14.9 Å². The van der Waals surface area contributed by atoms with Crippen molar-refractivity contribution in [3.63, 3.8) is 0 Å². The van der Waals surface area contributed by atoms with Crippen molar-refractivity contribution < 1.29 is 33.0 Å². The summed E-state index contributed by atoms with van der Waals surface area (Å²) < 4.78 is 24.9. The van der Waals surface area contributed by atoms with E-state index in [0.717, 1.165) is 7.11 Å². The van der Waals surface area contributed by atoms with Gasteiger partial charge in [0.1, 0.15) is 12.1 Å². The third kappa shape index (κ3) is 5.31. The molecule has 0 spiro atoms. The standard InChI is InChI=1S/C8H13NO7S/c1-5(7(11)12)9(8(13)16-2)3-6(10)4-17(14)15/h4-6,10H,3H2,1-2H3,(H,11,12). The lowest BCUT2D eigenvalue weighted by atomic mass is 10.2. The van der Waals surface area contributed by atoms with Crippen LogP contribution in [0, 0.1) is 0 Å². The SMILES string of the molecule is COC(=O)N(CC(O)C=S(=O)=O)C(C)C(=O)O. The summed E-state index contributed by atoms with van der Waals surface area (Å²) in [6, 6.07) is -1.24. The summed E-state index contributed by atoms with van der Waals surface area (Å²) in [5.74, 6) is -1.30. The number of aliphatic hydroxyl groups is 1. The van der Waals surface area contributed by atoms with Crippen molar-refractivity contribution in [2.24, 2.45) is 0 Å². The molecule has 0 saturated heterocycles. The summed E-state index contributed by atoms with van der Waals surface area (Å²) in [5, 5.41) is 18.5. The molecule has 0 saturated carbocycles. The van der Waals surface area contributed by atoms with E-state index in [-0.39, 0.29) is 0 Å². The maximum absolute atomic E-state index is 11.2. The predicted octanol–water partition coefficient (Wildman–Crippen LogP) is -1.43. The Hall–Kier alpha value is -1.61. The molecule has 2 atom stereocenters. The molecule has 0 aliphatic rings. The van der Waals surface area contributed by atoms with Crippen LogP contribution in [-0.4, -0.2) is 66.8 Å². The van der Waals surface area contributed by atoms with E-state index in [0.29, 0.717) is 10.3 Å². The molecule has 17 heavy (non-hydrogen) atoms. The van der Waals surface area contributed by atoms with Crippen LogP contribution in [0.4, 0.5) is 4.79 Å². The van der Waals surface area contributed by atoms with Gasteiger partial charge >= 0.3 is 12.1 Å². The number of carbonyl (C=O) groups is 2. The van der Waals surface area contributed by atoms with Crippen LogP contribution in [0.15, 0.2) is 0 Å².